The Bertz CT molecular complexity index is 1350. The van der Waals surface area contributed by atoms with E-state index >= 15 is 0 Å². The van der Waals surface area contributed by atoms with Crippen LogP contribution in [0.4, 0.5) is 0 Å². The highest BCUT2D eigenvalue weighted by Crippen LogP contribution is 2.62. The third-order valence-corrected chi connectivity index (χ3v) is 15.9. The van der Waals surface area contributed by atoms with Crippen LogP contribution in [0.15, 0.2) is 78.9 Å². The maximum atomic E-state index is 11.7. The van der Waals surface area contributed by atoms with E-state index in [0.29, 0.717) is 25.0 Å². The van der Waals surface area contributed by atoms with Crippen LogP contribution in [0.2, 0.25) is 5.04 Å². The highest BCUT2D eigenvalue weighted by atomic mass is 28.4. The fraction of sp³-hybridized carbons (Fsp3) is 0.500. The minimum atomic E-state index is -2.71. The fourth-order valence-electron chi connectivity index (χ4n) is 9.31. The van der Waals surface area contributed by atoms with Gasteiger partial charge in [-0.05, 0) is 76.2 Å². The van der Waals surface area contributed by atoms with Gasteiger partial charge in [0.2, 0.25) is 0 Å². The quantitative estimate of drug-likeness (QED) is 0.402. The molecule has 0 radical (unpaired) electrons. The van der Waals surface area contributed by atoms with Crippen LogP contribution >= 0.6 is 0 Å². The van der Waals surface area contributed by atoms with E-state index in [1.807, 2.05) is 0 Å². The fourth-order valence-corrected chi connectivity index (χ4v) is 13.7. The summed E-state index contributed by atoms with van der Waals surface area (Å²) in [6.45, 7) is 10.7. The number of benzene rings is 3. The van der Waals surface area contributed by atoms with E-state index < -0.39 is 8.32 Å². The van der Waals surface area contributed by atoms with Crippen molar-refractivity contribution in [3.05, 3.63) is 90.0 Å². The molecule has 41 heavy (non-hydrogen) atoms. The molecule has 0 spiro atoms. The minimum Gasteiger partial charge on any atom is -0.534 e. The summed E-state index contributed by atoms with van der Waals surface area (Å²) in [5, 5.41) is 14.2. The normalized spacial score (nSPS) is 32.8. The number of aliphatic hydroxyl groups is 1. The summed E-state index contributed by atoms with van der Waals surface area (Å²) in [5.74, 6) is 2.09. The second-order valence-electron chi connectivity index (χ2n) is 14.2. The van der Waals surface area contributed by atoms with Crippen LogP contribution < -0.4 is 14.8 Å². The molecular weight excluding hydrogens is 524 g/mol. The SMILES string of the molecule is CC(C)(C)[Si](Oc1ccc2c(c1)CC[C@@H]1[C@@H]2C(O)C[C@]2(C)C3OCCOC3C[C@@H]12)(c1ccccc1)c1ccccc1. The standard InChI is InChI=1S/C36H44O4Si/c1-35(2,3)41(26-11-7-5-8-12-26,27-13-9-6-10-14-27)40-25-16-18-28-24(21-25)15-17-29-30-22-32-34(39-20-19-38-32)36(30,4)23-31(37)33(28)29/h5-14,16,18,21,29-34,37H,15,17,19-20,22-23H2,1-4H3/t29-,30-,31?,32?,33+,34?,36-/m0/s1. The van der Waals surface area contributed by atoms with Gasteiger partial charge in [0, 0.05) is 11.3 Å². The summed E-state index contributed by atoms with van der Waals surface area (Å²) >= 11 is 0. The predicted molar refractivity (Wildman–Crippen MR) is 166 cm³/mol. The van der Waals surface area contributed by atoms with Gasteiger partial charge in [-0.1, -0.05) is 94.4 Å². The predicted octanol–water partition coefficient (Wildman–Crippen LogP) is 5.85. The molecule has 3 fully saturated rings. The molecule has 5 heteroatoms. The highest BCUT2D eigenvalue weighted by molar-refractivity contribution is 7.00. The van der Waals surface area contributed by atoms with Crippen LogP contribution in [0.3, 0.4) is 0 Å². The van der Waals surface area contributed by atoms with Crippen molar-refractivity contribution in [2.75, 3.05) is 13.2 Å². The second kappa shape index (κ2) is 10.1. The lowest BCUT2D eigenvalue weighted by Gasteiger charge is -2.53. The van der Waals surface area contributed by atoms with E-state index in [1.165, 1.54) is 21.5 Å². The summed E-state index contributed by atoms with van der Waals surface area (Å²) in [5.41, 5.74) is 2.64. The van der Waals surface area contributed by atoms with Gasteiger partial charge in [0.05, 0.1) is 31.5 Å². The van der Waals surface area contributed by atoms with Gasteiger partial charge in [-0.25, -0.2) is 0 Å². The number of hydrogen-bond acceptors (Lipinski definition) is 4. The first-order valence-corrected chi connectivity index (χ1v) is 17.5. The maximum absolute atomic E-state index is 11.7. The Hall–Kier alpha value is -2.44. The number of rotatable bonds is 4. The van der Waals surface area contributed by atoms with E-state index in [9.17, 15) is 5.11 Å². The molecule has 7 atom stereocenters. The third-order valence-electron chi connectivity index (χ3n) is 11.0. The molecule has 216 valence electrons. The molecule has 0 bridgehead atoms. The first-order chi connectivity index (χ1) is 19.7. The molecule has 3 aliphatic carbocycles. The summed E-state index contributed by atoms with van der Waals surface area (Å²) in [7, 11) is -2.71. The monoisotopic (exact) mass is 568 g/mol. The molecule has 1 heterocycles. The topological polar surface area (TPSA) is 47.9 Å². The van der Waals surface area contributed by atoms with Gasteiger partial charge in [0.15, 0.2) is 0 Å². The van der Waals surface area contributed by atoms with Crippen molar-refractivity contribution in [2.45, 2.75) is 82.6 Å². The molecule has 7 rings (SSSR count). The van der Waals surface area contributed by atoms with Gasteiger partial charge in [-0.15, -0.1) is 0 Å². The number of aliphatic hydroxyl groups excluding tert-OH is 1. The summed E-state index contributed by atoms with van der Waals surface area (Å²) < 4.78 is 19.8. The molecule has 1 N–H and O–H groups in total. The second-order valence-corrected chi connectivity index (χ2v) is 18.4. The highest BCUT2D eigenvalue weighted by Gasteiger charge is 2.62. The maximum Gasteiger partial charge on any atom is 0.319 e. The zero-order valence-electron chi connectivity index (χ0n) is 24.9. The van der Waals surface area contributed by atoms with E-state index in [-0.39, 0.29) is 34.7 Å². The number of ether oxygens (including phenoxy) is 2. The van der Waals surface area contributed by atoms with Crippen LogP contribution in [-0.4, -0.2) is 44.9 Å². The molecule has 3 unspecified atom stereocenters. The largest absolute Gasteiger partial charge is 0.534 e. The van der Waals surface area contributed by atoms with Crippen LogP contribution in [0, 0.1) is 17.3 Å². The molecule has 0 amide bonds. The molecular formula is C36H44O4Si. The number of aryl methyl sites for hydroxylation is 1. The van der Waals surface area contributed by atoms with Crippen LogP contribution in [0.5, 0.6) is 5.75 Å². The first kappa shape index (κ1) is 27.4. The minimum absolute atomic E-state index is 0.0183. The van der Waals surface area contributed by atoms with E-state index in [0.717, 1.165) is 31.4 Å². The lowest BCUT2D eigenvalue weighted by molar-refractivity contribution is -0.171. The molecule has 3 aromatic rings. The molecule has 0 aromatic heterocycles. The molecule has 3 aromatic carbocycles. The Morgan fingerprint density at radius 3 is 2.22 bits per heavy atom. The Morgan fingerprint density at radius 1 is 0.902 bits per heavy atom. The lowest BCUT2D eigenvalue weighted by atomic mass is 9.54. The first-order valence-electron chi connectivity index (χ1n) is 15.6. The lowest BCUT2D eigenvalue weighted by Crippen LogP contribution is -2.68. The van der Waals surface area contributed by atoms with E-state index in [1.54, 1.807) is 0 Å². The average Bonchev–Trinajstić information content (AvgIpc) is 3.28. The average molecular weight is 569 g/mol. The Morgan fingerprint density at radius 2 is 1.56 bits per heavy atom. The van der Waals surface area contributed by atoms with Crippen molar-refractivity contribution in [1.29, 1.82) is 0 Å². The van der Waals surface area contributed by atoms with Gasteiger partial charge in [-0.3, -0.25) is 0 Å². The van der Waals surface area contributed by atoms with Gasteiger partial charge in [-0.2, -0.15) is 0 Å². The number of hydrogen-bond donors (Lipinski definition) is 1. The number of fused-ring (bicyclic) bond motifs is 7. The third kappa shape index (κ3) is 4.26. The van der Waals surface area contributed by atoms with Crippen LogP contribution in [-0.2, 0) is 15.9 Å². The van der Waals surface area contributed by atoms with Gasteiger partial charge in [0.25, 0.3) is 0 Å². The van der Waals surface area contributed by atoms with Gasteiger partial charge >= 0.3 is 8.32 Å². The van der Waals surface area contributed by atoms with E-state index in [2.05, 4.69) is 107 Å². The van der Waals surface area contributed by atoms with Crippen molar-refractivity contribution in [3.63, 3.8) is 0 Å². The van der Waals surface area contributed by atoms with Crippen molar-refractivity contribution in [1.82, 2.24) is 0 Å². The summed E-state index contributed by atoms with van der Waals surface area (Å²) in [4.78, 5) is 0. The summed E-state index contributed by atoms with van der Waals surface area (Å²) in [6, 6.07) is 28.5. The molecule has 1 saturated heterocycles. The van der Waals surface area contributed by atoms with Gasteiger partial charge < -0.3 is 19.0 Å². The van der Waals surface area contributed by atoms with Crippen molar-refractivity contribution < 1.29 is 19.0 Å². The van der Waals surface area contributed by atoms with Crippen LogP contribution in [0.25, 0.3) is 0 Å². The van der Waals surface area contributed by atoms with Crippen molar-refractivity contribution in [3.8, 4) is 5.75 Å². The molecule has 4 nitrogen and oxygen atoms in total. The molecule has 1 aliphatic heterocycles. The summed E-state index contributed by atoms with van der Waals surface area (Å²) in [6.07, 6.45) is 3.87. The smallest absolute Gasteiger partial charge is 0.319 e. The Balaban J connectivity index is 1.25. The zero-order valence-corrected chi connectivity index (χ0v) is 25.9. The van der Waals surface area contributed by atoms with Crippen molar-refractivity contribution >= 4 is 18.7 Å². The molecule has 2 saturated carbocycles. The Kier molecular flexibility index (Phi) is 6.74. The van der Waals surface area contributed by atoms with Crippen molar-refractivity contribution in [2.24, 2.45) is 17.3 Å². The molecule has 4 aliphatic rings. The van der Waals surface area contributed by atoms with Crippen LogP contribution in [0.1, 0.15) is 64.0 Å². The zero-order chi connectivity index (χ0) is 28.4. The Labute approximate surface area is 246 Å². The van der Waals surface area contributed by atoms with Gasteiger partial charge in [0.1, 0.15) is 5.75 Å². The van der Waals surface area contributed by atoms with E-state index in [4.69, 9.17) is 13.9 Å².